The lowest BCUT2D eigenvalue weighted by Crippen LogP contribution is -2.14. The molecule has 4 nitrogen and oxygen atoms in total. The molecule has 2 unspecified atom stereocenters. The summed E-state index contributed by atoms with van der Waals surface area (Å²) < 4.78 is 9.74. The lowest BCUT2D eigenvalue weighted by Gasteiger charge is -2.09. The van der Waals surface area contributed by atoms with Crippen LogP contribution in [0.3, 0.4) is 0 Å². The summed E-state index contributed by atoms with van der Waals surface area (Å²) >= 11 is 0. The van der Waals surface area contributed by atoms with Gasteiger partial charge in [0, 0.05) is 0 Å². The highest BCUT2D eigenvalue weighted by molar-refractivity contribution is 5.80. The van der Waals surface area contributed by atoms with E-state index in [1.807, 2.05) is 12.1 Å². The molecular formula is C13H13NO3. The fraction of sp³-hybridized carbons (Fsp3) is 0.385. The minimum atomic E-state index is -0.709. The molecule has 0 spiro atoms. The number of benzene rings is 1. The Morgan fingerprint density at radius 1 is 1.41 bits per heavy atom. The number of methoxy groups -OCH3 is 2. The van der Waals surface area contributed by atoms with Gasteiger partial charge in [-0.3, -0.25) is 4.79 Å². The molecular weight excluding hydrogens is 218 g/mol. The Kier molecular flexibility index (Phi) is 2.76. The zero-order valence-corrected chi connectivity index (χ0v) is 9.77. The SMILES string of the molecule is COC(=O)C1CC1(C#N)c1ccc(OC)cc1. The fourth-order valence-corrected chi connectivity index (χ4v) is 2.09. The van der Waals surface area contributed by atoms with E-state index < -0.39 is 5.41 Å². The van der Waals surface area contributed by atoms with Crippen LogP contribution in [0.5, 0.6) is 5.75 Å². The average Bonchev–Trinajstić information content (AvgIpc) is 3.14. The first-order chi connectivity index (χ1) is 8.17. The first kappa shape index (κ1) is 11.5. The van der Waals surface area contributed by atoms with Gasteiger partial charge in [-0.05, 0) is 24.1 Å². The molecule has 4 heteroatoms. The van der Waals surface area contributed by atoms with Crippen LogP contribution < -0.4 is 4.74 Å². The number of hydrogen-bond acceptors (Lipinski definition) is 4. The van der Waals surface area contributed by atoms with Gasteiger partial charge in [0.15, 0.2) is 0 Å². The summed E-state index contributed by atoms with van der Waals surface area (Å²) in [7, 11) is 2.93. The highest BCUT2D eigenvalue weighted by Gasteiger charge is 2.61. The van der Waals surface area contributed by atoms with E-state index >= 15 is 0 Å². The molecule has 88 valence electrons. The van der Waals surface area contributed by atoms with Crippen molar-refractivity contribution in [2.45, 2.75) is 11.8 Å². The molecule has 2 rings (SSSR count). The van der Waals surface area contributed by atoms with Gasteiger partial charge in [-0.25, -0.2) is 0 Å². The summed E-state index contributed by atoms with van der Waals surface area (Å²) in [4.78, 5) is 11.4. The number of rotatable bonds is 3. The summed E-state index contributed by atoms with van der Waals surface area (Å²) in [5.41, 5.74) is 0.135. The highest BCUT2D eigenvalue weighted by Crippen LogP contribution is 2.54. The zero-order valence-electron chi connectivity index (χ0n) is 9.77. The predicted molar refractivity (Wildman–Crippen MR) is 60.4 cm³/mol. The van der Waals surface area contributed by atoms with E-state index in [0.717, 1.165) is 11.3 Å². The molecule has 0 saturated heterocycles. The predicted octanol–water partition coefficient (Wildman–Crippen LogP) is 1.65. The topological polar surface area (TPSA) is 59.3 Å². The van der Waals surface area contributed by atoms with Crippen LogP contribution in [0.15, 0.2) is 24.3 Å². The van der Waals surface area contributed by atoms with Crippen LogP contribution in [-0.4, -0.2) is 20.2 Å². The second kappa shape index (κ2) is 4.10. The van der Waals surface area contributed by atoms with E-state index in [4.69, 9.17) is 4.74 Å². The van der Waals surface area contributed by atoms with Crippen molar-refractivity contribution in [2.24, 2.45) is 5.92 Å². The summed E-state index contributed by atoms with van der Waals surface area (Å²) in [5, 5.41) is 9.26. The quantitative estimate of drug-likeness (QED) is 0.742. The van der Waals surface area contributed by atoms with Gasteiger partial charge in [0.2, 0.25) is 0 Å². The molecule has 17 heavy (non-hydrogen) atoms. The molecule has 0 aromatic heterocycles. The van der Waals surface area contributed by atoms with Crippen molar-refractivity contribution < 1.29 is 14.3 Å². The van der Waals surface area contributed by atoms with Crippen LogP contribution in [0, 0.1) is 17.2 Å². The highest BCUT2D eigenvalue weighted by atomic mass is 16.5. The Morgan fingerprint density at radius 2 is 2.06 bits per heavy atom. The van der Waals surface area contributed by atoms with Crippen molar-refractivity contribution in [3.8, 4) is 11.8 Å². The van der Waals surface area contributed by atoms with Crippen molar-refractivity contribution in [3.05, 3.63) is 29.8 Å². The fourth-order valence-electron chi connectivity index (χ4n) is 2.09. The van der Waals surface area contributed by atoms with Crippen LogP contribution in [0.2, 0.25) is 0 Å². The maximum atomic E-state index is 11.4. The van der Waals surface area contributed by atoms with E-state index in [1.54, 1.807) is 19.2 Å². The zero-order chi connectivity index (χ0) is 12.5. The third kappa shape index (κ3) is 1.74. The molecule has 1 fully saturated rings. The van der Waals surface area contributed by atoms with Gasteiger partial charge in [-0.2, -0.15) is 5.26 Å². The number of carbonyl (C=O) groups is 1. The number of nitriles is 1. The van der Waals surface area contributed by atoms with Gasteiger partial charge in [-0.1, -0.05) is 12.1 Å². The number of hydrogen-bond donors (Lipinski definition) is 0. The van der Waals surface area contributed by atoms with E-state index in [1.165, 1.54) is 7.11 Å². The Morgan fingerprint density at radius 3 is 2.53 bits per heavy atom. The Labute approximate surface area is 99.8 Å². The van der Waals surface area contributed by atoms with Gasteiger partial charge in [-0.15, -0.1) is 0 Å². The summed E-state index contributed by atoms with van der Waals surface area (Å²) in [6.07, 6.45) is 0.530. The second-order valence-corrected chi connectivity index (χ2v) is 4.09. The first-order valence-corrected chi connectivity index (χ1v) is 5.31. The van der Waals surface area contributed by atoms with Crippen LogP contribution in [0.4, 0.5) is 0 Å². The van der Waals surface area contributed by atoms with Crippen molar-refractivity contribution in [2.75, 3.05) is 14.2 Å². The summed E-state index contributed by atoms with van der Waals surface area (Å²) in [6, 6.07) is 9.46. The molecule has 0 aliphatic heterocycles. The lowest BCUT2D eigenvalue weighted by atomic mass is 9.95. The smallest absolute Gasteiger partial charge is 0.310 e. The van der Waals surface area contributed by atoms with Gasteiger partial charge in [0.05, 0.1) is 31.6 Å². The molecule has 0 radical (unpaired) electrons. The van der Waals surface area contributed by atoms with E-state index in [0.29, 0.717) is 6.42 Å². The molecule has 1 saturated carbocycles. The Balaban J connectivity index is 2.26. The van der Waals surface area contributed by atoms with Crippen LogP contribution in [0.25, 0.3) is 0 Å². The lowest BCUT2D eigenvalue weighted by molar-refractivity contribution is -0.142. The third-order valence-corrected chi connectivity index (χ3v) is 3.25. The largest absolute Gasteiger partial charge is 0.497 e. The third-order valence-electron chi connectivity index (χ3n) is 3.25. The van der Waals surface area contributed by atoms with Crippen molar-refractivity contribution in [1.29, 1.82) is 5.26 Å². The normalized spacial score (nSPS) is 25.8. The second-order valence-electron chi connectivity index (χ2n) is 4.09. The van der Waals surface area contributed by atoms with Crippen LogP contribution in [-0.2, 0) is 14.9 Å². The summed E-state index contributed by atoms with van der Waals surface area (Å²) in [6.45, 7) is 0. The van der Waals surface area contributed by atoms with Crippen molar-refractivity contribution >= 4 is 5.97 Å². The molecule has 1 aliphatic carbocycles. The minimum Gasteiger partial charge on any atom is -0.497 e. The van der Waals surface area contributed by atoms with Crippen molar-refractivity contribution in [3.63, 3.8) is 0 Å². The van der Waals surface area contributed by atoms with Crippen molar-refractivity contribution in [1.82, 2.24) is 0 Å². The molecule has 1 aromatic carbocycles. The number of carbonyl (C=O) groups excluding carboxylic acids is 1. The Bertz CT molecular complexity index is 474. The molecule has 0 bridgehead atoms. The average molecular weight is 231 g/mol. The molecule has 1 aliphatic rings. The van der Waals surface area contributed by atoms with E-state index in [-0.39, 0.29) is 11.9 Å². The summed E-state index contributed by atoms with van der Waals surface area (Å²) in [5.74, 6) is 0.0744. The first-order valence-electron chi connectivity index (χ1n) is 5.31. The maximum Gasteiger partial charge on any atom is 0.310 e. The van der Waals surface area contributed by atoms with Gasteiger partial charge < -0.3 is 9.47 Å². The number of ether oxygens (including phenoxy) is 2. The van der Waals surface area contributed by atoms with Gasteiger partial charge in [0.25, 0.3) is 0 Å². The minimum absolute atomic E-state index is 0.317. The standard InChI is InChI=1S/C13H13NO3/c1-16-10-5-3-9(4-6-10)13(8-14)7-11(13)12(15)17-2/h3-6,11H,7H2,1-2H3. The molecule has 2 atom stereocenters. The monoisotopic (exact) mass is 231 g/mol. The molecule has 0 heterocycles. The van der Waals surface area contributed by atoms with E-state index in [2.05, 4.69) is 10.8 Å². The van der Waals surface area contributed by atoms with Gasteiger partial charge in [0.1, 0.15) is 5.75 Å². The molecule has 0 amide bonds. The van der Waals surface area contributed by atoms with E-state index in [9.17, 15) is 10.1 Å². The maximum absolute atomic E-state index is 11.4. The van der Waals surface area contributed by atoms with Gasteiger partial charge >= 0.3 is 5.97 Å². The number of esters is 1. The van der Waals surface area contributed by atoms with Crippen LogP contribution >= 0.6 is 0 Å². The Hall–Kier alpha value is -2.02. The molecule has 0 N–H and O–H groups in total. The number of nitrogens with zero attached hydrogens (tertiary/aromatic N) is 1. The molecule has 1 aromatic rings. The van der Waals surface area contributed by atoms with Crippen LogP contribution in [0.1, 0.15) is 12.0 Å².